The van der Waals surface area contributed by atoms with Crippen LogP contribution in [0.1, 0.15) is 51.0 Å². The van der Waals surface area contributed by atoms with Crippen LogP contribution in [0.15, 0.2) is 34.9 Å². The Balaban J connectivity index is 1.74. The van der Waals surface area contributed by atoms with Crippen molar-refractivity contribution in [3.05, 3.63) is 36.2 Å². The first-order valence-electron chi connectivity index (χ1n) is 8.73. The fourth-order valence-corrected chi connectivity index (χ4v) is 2.98. The van der Waals surface area contributed by atoms with E-state index in [9.17, 15) is 4.79 Å². The summed E-state index contributed by atoms with van der Waals surface area (Å²) in [5.74, 6) is 1.10. The molecule has 2 amide bonds. The van der Waals surface area contributed by atoms with Crippen molar-refractivity contribution in [3.8, 4) is 11.4 Å². The third-order valence-electron chi connectivity index (χ3n) is 4.33. The summed E-state index contributed by atoms with van der Waals surface area (Å²) in [5.41, 5.74) is 0.919. The molecule has 1 fully saturated rings. The maximum Gasteiger partial charge on any atom is 0.318 e. The Morgan fingerprint density at radius 2 is 2.17 bits per heavy atom. The van der Waals surface area contributed by atoms with Crippen LogP contribution in [0.5, 0.6) is 0 Å². The number of aromatic nitrogens is 2. The molecule has 0 aliphatic carbocycles. The van der Waals surface area contributed by atoms with Gasteiger partial charge < -0.3 is 14.7 Å². The van der Waals surface area contributed by atoms with E-state index in [4.69, 9.17) is 4.52 Å². The van der Waals surface area contributed by atoms with Gasteiger partial charge in [0.1, 0.15) is 6.04 Å². The molecule has 0 bridgehead atoms. The van der Waals surface area contributed by atoms with Crippen molar-refractivity contribution < 1.29 is 9.32 Å². The van der Waals surface area contributed by atoms with E-state index in [1.807, 2.05) is 35.2 Å². The molecule has 6 nitrogen and oxygen atoms in total. The zero-order valence-corrected chi connectivity index (χ0v) is 14.1. The van der Waals surface area contributed by atoms with Crippen LogP contribution in [-0.4, -0.2) is 34.2 Å². The molecule has 0 spiro atoms. The number of rotatable bonds is 5. The summed E-state index contributed by atoms with van der Waals surface area (Å²) in [7, 11) is 0. The Morgan fingerprint density at radius 3 is 2.96 bits per heavy atom. The van der Waals surface area contributed by atoms with Crippen LogP contribution in [0, 0.1) is 0 Å². The Bertz CT molecular complexity index is 656. The summed E-state index contributed by atoms with van der Waals surface area (Å²) in [4.78, 5) is 18.8. The van der Waals surface area contributed by atoms with Crippen molar-refractivity contribution in [2.24, 2.45) is 0 Å². The summed E-state index contributed by atoms with van der Waals surface area (Å²) in [5, 5.41) is 7.08. The summed E-state index contributed by atoms with van der Waals surface area (Å²) in [6.07, 6.45) is 4.98. The number of hydrogen-bond donors (Lipinski definition) is 1. The molecular weight excluding hydrogens is 304 g/mol. The summed E-state index contributed by atoms with van der Waals surface area (Å²) in [6.45, 7) is 3.54. The first kappa shape index (κ1) is 16.5. The molecule has 128 valence electrons. The standard InChI is InChI=1S/C18H24N4O2/c1-2-3-12-19-18(23)22-13-8-7-11-15(22)17-20-16(21-24-17)14-9-5-4-6-10-14/h4-6,9-10,15H,2-3,7-8,11-13H2,1H3,(H,19,23). The smallest absolute Gasteiger partial charge is 0.318 e. The largest absolute Gasteiger partial charge is 0.338 e. The van der Waals surface area contributed by atoms with Crippen LogP contribution in [-0.2, 0) is 0 Å². The zero-order valence-electron chi connectivity index (χ0n) is 14.1. The van der Waals surface area contributed by atoms with Gasteiger partial charge >= 0.3 is 6.03 Å². The highest BCUT2D eigenvalue weighted by molar-refractivity contribution is 5.74. The van der Waals surface area contributed by atoms with Gasteiger partial charge in [-0.05, 0) is 25.7 Å². The Morgan fingerprint density at radius 1 is 1.33 bits per heavy atom. The molecule has 1 aromatic heterocycles. The van der Waals surface area contributed by atoms with E-state index in [-0.39, 0.29) is 12.1 Å². The normalized spacial score (nSPS) is 17.7. The lowest BCUT2D eigenvalue weighted by Gasteiger charge is -2.33. The topological polar surface area (TPSA) is 71.3 Å². The highest BCUT2D eigenvalue weighted by Crippen LogP contribution is 2.31. The van der Waals surface area contributed by atoms with E-state index in [1.165, 1.54) is 0 Å². The first-order chi connectivity index (χ1) is 11.8. The third kappa shape index (κ3) is 3.75. The van der Waals surface area contributed by atoms with Gasteiger partial charge in [0.2, 0.25) is 11.7 Å². The van der Waals surface area contributed by atoms with Gasteiger partial charge in [0.05, 0.1) is 0 Å². The van der Waals surface area contributed by atoms with Gasteiger partial charge in [0, 0.05) is 18.7 Å². The summed E-state index contributed by atoms with van der Waals surface area (Å²) >= 11 is 0. The monoisotopic (exact) mass is 328 g/mol. The number of nitrogens with zero attached hydrogens (tertiary/aromatic N) is 3. The molecule has 24 heavy (non-hydrogen) atoms. The van der Waals surface area contributed by atoms with Gasteiger partial charge in [-0.2, -0.15) is 4.98 Å². The fourth-order valence-electron chi connectivity index (χ4n) is 2.98. The first-order valence-corrected chi connectivity index (χ1v) is 8.73. The van der Waals surface area contributed by atoms with E-state index < -0.39 is 0 Å². The molecule has 1 aliphatic rings. The third-order valence-corrected chi connectivity index (χ3v) is 4.33. The number of unbranched alkanes of at least 4 members (excludes halogenated alkanes) is 1. The molecule has 0 saturated carbocycles. The number of carbonyl (C=O) groups excluding carboxylic acids is 1. The number of carbonyl (C=O) groups is 1. The van der Waals surface area contributed by atoms with E-state index in [0.717, 1.165) is 44.2 Å². The Kier molecular flexibility index (Phi) is 5.46. The predicted octanol–water partition coefficient (Wildman–Crippen LogP) is 3.77. The van der Waals surface area contributed by atoms with Gasteiger partial charge in [0.25, 0.3) is 0 Å². The predicted molar refractivity (Wildman–Crippen MR) is 91.3 cm³/mol. The number of hydrogen-bond acceptors (Lipinski definition) is 4. The SMILES string of the molecule is CCCCNC(=O)N1CCCCC1c1nc(-c2ccccc2)no1. The fraction of sp³-hybridized carbons (Fsp3) is 0.500. The number of benzene rings is 1. The number of likely N-dealkylation sites (tertiary alicyclic amines) is 1. The Labute approximate surface area is 142 Å². The van der Waals surface area contributed by atoms with Crippen molar-refractivity contribution in [3.63, 3.8) is 0 Å². The summed E-state index contributed by atoms with van der Waals surface area (Å²) < 4.78 is 5.48. The highest BCUT2D eigenvalue weighted by Gasteiger charge is 2.32. The summed E-state index contributed by atoms with van der Waals surface area (Å²) in [6, 6.07) is 9.57. The molecule has 3 rings (SSSR count). The number of urea groups is 1. The van der Waals surface area contributed by atoms with Gasteiger partial charge in [-0.3, -0.25) is 0 Å². The molecule has 1 N–H and O–H groups in total. The molecule has 0 radical (unpaired) electrons. The van der Waals surface area contributed by atoms with Crippen LogP contribution in [0.25, 0.3) is 11.4 Å². The average molecular weight is 328 g/mol. The second-order valence-corrected chi connectivity index (χ2v) is 6.11. The van der Waals surface area contributed by atoms with E-state index >= 15 is 0 Å². The minimum atomic E-state index is -0.134. The lowest BCUT2D eigenvalue weighted by atomic mass is 10.0. The molecule has 2 aromatic rings. The van der Waals surface area contributed by atoms with Crippen molar-refractivity contribution in [2.75, 3.05) is 13.1 Å². The molecule has 2 heterocycles. The van der Waals surface area contributed by atoms with Crippen molar-refractivity contribution >= 4 is 6.03 Å². The second-order valence-electron chi connectivity index (χ2n) is 6.11. The lowest BCUT2D eigenvalue weighted by molar-refractivity contribution is 0.132. The van der Waals surface area contributed by atoms with Gasteiger partial charge in [-0.25, -0.2) is 4.79 Å². The maximum absolute atomic E-state index is 12.5. The lowest BCUT2D eigenvalue weighted by Crippen LogP contribution is -2.45. The van der Waals surface area contributed by atoms with Crippen molar-refractivity contribution in [2.45, 2.75) is 45.1 Å². The Hall–Kier alpha value is -2.37. The molecule has 1 saturated heterocycles. The molecule has 1 aliphatic heterocycles. The number of nitrogens with one attached hydrogen (secondary N) is 1. The number of piperidine rings is 1. The quantitative estimate of drug-likeness (QED) is 0.848. The molecule has 1 unspecified atom stereocenters. The molecule has 1 atom stereocenters. The van der Waals surface area contributed by atoms with Gasteiger partial charge in [-0.15, -0.1) is 0 Å². The van der Waals surface area contributed by atoms with E-state index in [1.54, 1.807) is 0 Å². The average Bonchev–Trinajstić information content (AvgIpc) is 3.12. The van der Waals surface area contributed by atoms with E-state index in [2.05, 4.69) is 22.4 Å². The van der Waals surface area contributed by atoms with Crippen LogP contribution in [0.2, 0.25) is 0 Å². The molecule has 6 heteroatoms. The highest BCUT2D eigenvalue weighted by atomic mass is 16.5. The molecular formula is C18H24N4O2. The van der Waals surface area contributed by atoms with Crippen molar-refractivity contribution in [1.29, 1.82) is 0 Å². The van der Waals surface area contributed by atoms with E-state index in [0.29, 0.717) is 18.3 Å². The number of amides is 2. The van der Waals surface area contributed by atoms with Crippen LogP contribution in [0.3, 0.4) is 0 Å². The zero-order chi connectivity index (χ0) is 16.8. The van der Waals surface area contributed by atoms with Crippen molar-refractivity contribution in [1.82, 2.24) is 20.4 Å². The minimum absolute atomic E-state index is 0.0346. The molecule has 1 aromatic carbocycles. The van der Waals surface area contributed by atoms with Crippen LogP contribution in [0.4, 0.5) is 4.79 Å². The van der Waals surface area contributed by atoms with Crippen LogP contribution >= 0.6 is 0 Å². The second kappa shape index (κ2) is 7.95. The minimum Gasteiger partial charge on any atom is -0.338 e. The van der Waals surface area contributed by atoms with Gasteiger partial charge in [0.15, 0.2) is 0 Å². The maximum atomic E-state index is 12.5. The van der Waals surface area contributed by atoms with Crippen LogP contribution < -0.4 is 5.32 Å². The van der Waals surface area contributed by atoms with Gasteiger partial charge in [-0.1, -0.05) is 48.8 Å².